The molecule has 2 aromatic rings. The van der Waals surface area contributed by atoms with E-state index >= 15 is 0 Å². The van der Waals surface area contributed by atoms with Crippen LogP contribution < -0.4 is 5.32 Å². The number of anilines is 1. The summed E-state index contributed by atoms with van der Waals surface area (Å²) in [6.45, 7) is 1.96. The van der Waals surface area contributed by atoms with E-state index in [0.29, 0.717) is 17.7 Å². The lowest BCUT2D eigenvalue weighted by Crippen LogP contribution is -2.31. The van der Waals surface area contributed by atoms with Gasteiger partial charge < -0.3 is 15.2 Å². The summed E-state index contributed by atoms with van der Waals surface area (Å²) >= 11 is 0. The van der Waals surface area contributed by atoms with Gasteiger partial charge in [0.2, 0.25) is 0 Å². The minimum Gasteiger partial charge on any atom is -0.480 e. The van der Waals surface area contributed by atoms with Gasteiger partial charge >= 0.3 is 11.9 Å². The van der Waals surface area contributed by atoms with Gasteiger partial charge in [0.05, 0.1) is 12.7 Å². The number of hydrogen-bond donors (Lipinski definition) is 2. The first kappa shape index (κ1) is 16.5. The molecule has 0 aliphatic rings. The number of esters is 1. The first-order valence-electron chi connectivity index (χ1n) is 7.23. The highest BCUT2D eigenvalue weighted by atomic mass is 16.5. The van der Waals surface area contributed by atoms with Gasteiger partial charge in [0.15, 0.2) is 0 Å². The number of carboxylic acid groups (broad SMARTS) is 1. The van der Waals surface area contributed by atoms with Crippen molar-refractivity contribution in [2.24, 2.45) is 0 Å². The molecule has 0 fully saturated rings. The molecule has 5 nitrogen and oxygen atoms in total. The molecule has 2 aromatic carbocycles. The van der Waals surface area contributed by atoms with E-state index in [2.05, 4.69) is 10.1 Å². The Morgan fingerprint density at radius 3 is 2.57 bits per heavy atom. The molecule has 0 saturated heterocycles. The van der Waals surface area contributed by atoms with Crippen molar-refractivity contribution in [3.63, 3.8) is 0 Å². The molecule has 2 rings (SSSR count). The summed E-state index contributed by atoms with van der Waals surface area (Å²) in [5.74, 6) is -1.41. The SMILES string of the molecule is COC(=O)c1cccc(N[C@@H](Cc2cccc(C)c2)C(=O)O)c1. The van der Waals surface area contributed by atoms with Gasteiger partial charge in [-0.15, -0.1) is 0 Å². The average molecular weight is 313 g/mol. The van der Waals surface area contributed by atoms with Crippen LogP contribution in [0.1, 0.15) is 21.5 Å². The van der Waals surface area contributed by atoms with E-state index in [1.54, 1.807) is 24.3 Å². The fourth-order valence-electron chi connectivity index (χ4n) is 2.33. The van der Waals surface area contributed by atoms with E-state index in [0.717, 1.165) is 11.1 Å². The van der Waals surface area contributed by atoms with Crippen molar-refractivity contribution in [2.75, 3.05) is 12.4 Å². The third kappa shape index (κ3) is 4.57. The largest absolute Gasteiger partial charge is 0.480 e. The molecular weight excluding hydrogens is 294 g/mol. The summed E-state index contributed by atoms with van der Waals surface area (Å²) in [5, 5.41) is 12.4. The van der Waals surface area contributed by atoms with Crippen LogP contribution in [0.15, 0.2) is 48.5 Å². The fourth-order valence-corrected chi connectivity index (χ4v) is 2.33. The van der Waals surface area contributed by atoms with Gasteiger partial charge in [0.25, 0.3) is 0 Å². The van der Waals surface area contributed by atoms with Gasteiger partial charge in [0.1, 0.15) is 6.04 Å². The van der Waals surface area contributed by atoms with Gasteiger partial charge in [-0.25, -0.2) is 9.59 Å². The Hall–Kier alpha value is -2.82. The molecule has 0 bridgehead atoms. The highest BCUT2D eigenvalue weighted by Gasteiger charge is 2.18. The molecule has 0 heterocycles. The maximum atomic E-state index is 11.5. The maximum absolute atomic E-state index is 11.5. The number of ether oxygens (including phenoxy) is 1. The van der Waals surface area contributed by atoms with Gasteiger partial charge in [0, 0.05) is 12.1 Å². The number of benzene rings is 2. The number of aryl methyl sites for hydroxylation is 1. The fraction of sp³-hybridized carbons (Fsp3) is 0.222. The van der Waals surface area contributed by atoms with Crippen LogP contribution in [0.4, 0.5) is 5.69 Å². The Balaban J connectivity index is 2.16. The molecule has 0 saturated carbocycles. The lowest BCUT2D eigenvalue weighted by Gasteiger charge is -2.16. The van der Waals surface area contributed by atoms with Crippen LogP contribution in [-0.4, -0.2) is 30.2 Å². The molecule has 5 heteroatoms. The molecule has 120 valence electrons. The van der Waals surface area contributed by atoms with Crippen LogP contribution >= 0.6 is 0 Å². The van der Waals surface area contributed by atoms with E-state index < -0.39 is 18.0 Å². The van der Waals surface area contributed by atoms with Crippen molar-refractivity contribution < 1.29 is 19.4 Å². The normalized spacial score (nSPS) is 11.6. The lowest BCUT2D eigenvalue weighted by molar-refractivity contribution is -0.137. The standard InChI is InChI=1S/C18H19NO4/c1-12-5-3-6-13(9-12)10-16(17(20)21)19-15-8-4-7-14(11-15)18(22)23-2/h3-9,11,16,19H,10H2,1-2H3,(H,20,21)/t16-/m0/s1. The molecule has 2 N–H and O–H groups in total. The molecule has 1 atom stereocenters. The van der Waals surface area contributed by atoms with E-state index in [-0.39, 0.29) is 0 Å². The van der Waals surface area contributed by atoms with E-state index in [1.165, 1.54) is 7.11 Å². The minimum absolute atomic E-state index is 0.347. The zero-order valence-electron chi connectivity index (χ0n) is 13.1. The summed E-state index contributed by atoms with van der Waals surface area (Å²) < 4.78 is 4.67. The molecule has 0 spiro atoms. The second-order valence-electron chi connectivity index (χ2n) is 5.30. The van der Waals surface area contributed by atoms with Crippen LogP contribution in [0.2, 0.25) is 0 Å². The monoisotopic (exact) mass is 313 g/mol. The van der Waals surface area contributed by atoms with Crippen LogP contribution in [0.25, 0.3) is 0 Å². The van der Waals surface area contributed by atoms with Crippen LogP contribution in [0, 0.1) is 6.92 Å². The Morgan fingerprint density at radius 2 is 1.91 bits per heavy atom. The van der Waals surface area contributed by atoms with Crippen molar-refractivity contribution in [2.45, 2.75) is 19.4 Å². The number of nitrogens with one attached hydrogen (secondary N) is 1. The number of aliphatic carboxylic acids is 1. The molecule has 0 radical (unpaired) electrons. The molecule has 0 aromatic heterocycles. The van der Waals surface area contributed by atoms with Crippen molar-refractivity contribution >= 4 is 17.6 Å². The number of carbonyl (C=O) groups excluding carboxylic acids is 1. The van der Waals surface area contributed by atoms with Crippen LogP contribution in [-0.2, 0) is 16.0 Å². The highest BCUT2D eigenvalue weighted by molar-refractivity contribution is 5.90. The Kier molecular flexibility index (Phi) is 5.36. The summed E-state index contributed by atoms with van der Waals surface area (Å²) in [5.41, 5.74) is 2.96. The lowest BCUT2D eigenvalue weighted by atomic mass is 10.0. The molecular formula is C18H19NO4. The molecule has 0 unspecified atom stereocenters. The summed E-state index contributed by atoms with van der Waals surface area (Å²) in [6.07, 6.45) is 0.347. The molecule has 23 heavy (non-hydrogen) atoms. The quantitative estimate of drug-likeness (QED) is 0.802. The van der Waals surface area contributed by atoms with Crippen LogP contribution in [0.3, 0.4) is 0 Å². The van der Waals surface area contributed by atoms with E-state index in [4.69, 9.17) is 0 Å². The van der Waals surface area contributed by atoms with Crippen LogP contribution in [0.5, 0.6) is 0 Å². The Morgan fingerprint density at radius 1 is 1.17 bits per heavy atom. The minimum atomic E-state index is -0.949. The zero-order chi connectivity index (χ0) is 16.8. The van der Waals surface area contributed by atoms with Gasteiger partial charge in [-0.3, -0.25) is 0 Å². The number of hydrogen-bond acceptors (Lipinski definition) is 4. The van der Waals surface area contributed by atoms with Gasteiger partial charge in [-0.1, -0.05) is 35.9 Å². The van der Waals surface area contributed by atoms with E-state index in [9.17, 15) is 14.7 Å². The van der Waals surface area contributed by atoms with Gasteiger partial charge in [-0.05, 0) is 30.7 Å². The predicted molar refractivity (Wildman–Crippen MR) is 87.7 cm³/mol. The third-order valence-corrected chi connectivity index (χ3v) is 3.44. The van der Waals surface area contributed by atoms with Crippen molar-refractivity contribution in [3.8, 4) is 0 Å². The van der Waals surface area contributed by atoms with E-state index in [1.807, 2.05) is 31.2 Å². The smallest absolute Gasteiger partial charge is 0.337 e. The summed E-state index contributed by atoms with van der Waals surface area (Å²) in [6, 6.07) is 13.5. The maximum Gasteiger partial charge on any atom is 0.337 e. The zero-order valence-corrected chi connectivity index (χ0v) is 13.1. The average Bonchev–Trinajstić information content (AvgIpc) is 2.53. The third-order valence-electron chi connectivity index (χ3n) is 3.44. The molecule has 0 aliphatic heterocycles. The van der Waals surface area contributed by atoms with Crippen molar-refractivity contribution in [1.82, 2.24) is 0 Å². The number of methoxy groups -OCH3 is 1. The summed E-state index contributed by atoms with van der Waals surface area (Å²) in [4.78, 5) is 23.1. The second-order valence-corrected chi connectivity index (χ2v) is 5.30. The first-order valence-corrected chi connectivity index (χ1v) is 7.23. The number of carbonyl (C=O) groups is 2. The number of rotatable bonds is 6. The Bertz CT molecular complexity index is 712. The molecule has 0 aliphatic carbocycles. The highest BCUT2D eigenvalue weighted by Crippen LogP contribution is 2.15. The second kappa shape index (κ2) is 7.45. The predicted octanol–water partition coefficient (Wildman–Crippen LogP) is 2.89. The van der Waals surface area contributed by atoms with Crippen molar-refractivity contribution in [1.29, 1.82) is 0 Å². The van der Waals surface area contributed by atoms with Gasteiger partial charge in [-0.2, -0.15) is 0 Å². The first-order chi connectivity index (χ1) is 11.0. The molecule has 0 amide bonds. The summed E-state index contributed by atoms with van der Waals surface area (Å²) in [7, 11) is 1.31. The topological polar surface area (TPSA) is 75.6 Å². The van der Waals surface area contributed by atoms with Crippen molar-refractivity contribution in [3.05, 3.63) is 65.2 Å². The number of carboxylic acids is 1. The Labute approximate surface area is 134 Å².